The molecule has 0 spiro atoms. The molecular formula is C30H37BrF6N2O2. The predicted molar refractivity (Wildman–Crippen MR) is 151 cm³/mol. The SMILES string of the molecule is CCCc1cc(C(CC(C)c2ccc(C(=O)NCC(=O)NCC(F)(F)F)c(Br)c2)C(F)(F)F)cc(C)c1CC(C)C. The fourth-order valence-corrected chi connectivity index (χ4v) is 5.38. The molecule has 2 unspecified atom stereocenters. The third-order valence-electron chi connectivity index (χ3n) is 6.81. The quantitative estimate of drug-likeness (QED) is 0.228. The highest BCUT2D eigenvalue weighted by Gasteiger charge is 2.42. The molecule has 0 fully saturated rings. The number of alkyl halides is 6. The van der Waals surface area contributed by atoms with Gasteiger partial charge in [0.2, 0.25) is 5.91 Å². The number of halogens is 7. The van der Waals surface area contributed by atoms with Gasteiger partial charge in [-0.2, -0.15) is 26.3 Å². The summed E-state index contributed by atoms with van der Waals surface area (Å²) in [6.07, 6.45) is -6.90. The second-order valence-electron chi connectivity index (χ2n) is 10.9. The van der Waals surface area contributed by atoms with Gasteiger partial charge >= 0.3 is 12.4 Å². The Morgan fingerprint density at radius 1 is 0.951 bits per heavy atom. The molecule has 41 heavy (non-hydrogen) atoms. The van der Waals surface area contributed by atoms with Crippen molar-refractivity contribution in [2.45, 2.75) is 84.5 Å². The Kier molecular flexibility index (Phi) is 12.3. The highest BCUT2D eigenvalue weighted by molar-refractivity contribution is 9.10. The minimum Gasteiger partial charge on any atom is -0.345 e. The monoisotopic (exact) mass is 650 g/mol. The zero-order valence-electron chi connectivity index (χ0n) is 23.8. The summed E-state index contributed by atoms with van der Waals surface area (Å²) in [6.45, 7) is 7.57. The van der Waals surface area contributed by atoms with Crippen molar-refractivity contribution in [3.63, 3.8) is 0 Å². The maximum Gasteiger partial charge on any atom is 0.405 e. The Balaban J connectivity index is 2.23. The van der Waals surface area contributed by atoms with Crippen molar-refractivity contribution in [1.29, 1.82) is 0 Å². The van der Waals surface area contributed by atoms with E-state index >= 15 is 0 Å². The number of amides is 2. The molecule has 228 valence electrons. The second-order valence-corrected chi connectivity index (χ2v) is 11.7. The molecule has 0 saturated carbocycles. The first kappa shape index (κ1) is 34.6. The summed E-state index contributed by atoms with van der Waals surface area (Å²) < 4.78 is 80.2. The summed E-state index contributed by atoms with van der Waals surface area (Å²) >= 11 is 3.26. The summed E-state index contributed by atoms with van der Waals surface area (Å²) in [6, 6.07) is 7.88. The van der Waals surface area contributed by atoms with Crippen LogP contribution in [-0.4, -0.2) is 37.3 Å². The maximum absolute atomic E-state index is 14.4. The molecule has 2 aromatic rings. The van der Waals surface area contributed by atoms with E-state index in [0.29, 0.717) is 17.9 Å². The smallest absolute Gasteiger partial charge is 0.345 e. The molecule has 0 bridgehead atoms. The number of benzene rings is 2. The fraction of sp³-hybridized carbons (Fsp3) is 0.533. The molecule has 0 aliphatic rings. The lowest BCUT2D eigenvalue weighted by Gasteiger charge is -2.27. The van der Waals surface area contributed by atoms with Gasteiger partial charge in [-0.05, 0) is 93.9 Å². The van der Waals surface area contributed by atoms with Crippen molar-refractivity contribution in [3.8, 4) is 0 Å². The summed E-state index contributed by atoms with van der Waals surface area (Å²) in [7, 11) is 0. The molecule has 2 atom stereocenters. The lowest BCUT2D eigenvalue weighted by atomic mass is 9.82. The standard InChI is InChI=1S/C30H37BrF6N2O2/c1-6-7-21-13-22(11-19(5)24(21)10-17(2)3)25(30(35,36)37)12-18(4)20-8-9-23(26(31)14-20)28(41)38-15-27(40)39-16-29(32,33)34/h8-9,11,13-14,17-18,25H,6-7,10,12,15-16H2,1-5H3,(H,38,41)(H,39,40). The van der Waals surface area contributed by atoms with Gasteiger partial charge in [-0.25, -0.2) is 0 Å². The lowest BCUT2D eigenvalue weighted by molar-refractivity contribution is -0.152. The van der Waals surface area contributed by atoms with Crippen molar-refractivity contribution < 1.29 is 35.9 Å². The van der Waals surface area contributed by atoms with Crippen LogP contribution in [0.2, 0.25) is 0 Å². The van der Waals surface area contributed by atoms with Crippen LogP contribution in [0.15, 0.2) is 34.8 Å². The number of aryl methyl sites for hydroxylation is 2. The van der Waals surface area contributed by atoms with Gasteiger partial charge in [-0.15, -0.1) is 0 Å². The van der Waals surface area contributed by atoms with Crippen LogP contribution in [0.5, 0.6) is 0 Å². The van der Waals surface area contributed by atoms with E-state index in [9.17, 15) is 35.9 Å². The van der Waals surface area contributed by atoms with Crippen molar-refractivity contribution in [2.24, 2.45) is 5.92 Å². The number of hydrogen-bond donors (Lipinski definition) is 2. The average molecular weight is 652 g/mol. The van der Waals surface area contributed by atoms with Crippen LogP contribution in [0, 0.1) is 12.8 Å². The van der Waals surface area contributed by atoms with Crippen LogP contribution in [-0.2, 0) is 17.6 Å². The van der Waals surface area contributed by atoms with E-state index < -0.39 is 49.1 Å². The van der Waals surface area contributed by atoms with Crippen molar-refractivity contribution >= 4 is 27.7 Å². The largest absolute Gasteiger partial charge is 0.405 e. The highest BCUT2D eigenvalue weighted by atomic mass is 79.9. The van der Waals surface area contributed by atoms with Crippen LogP contribution in [0.3, 0.4) is 0 Å². The van der Waals surface area contributed by atoms with Gasteiger partial charge < -0.3 is 10.6 Å². The minimum atomic E-state index is -4.58. The average Bonchev–Trinajstić information content (AvgIpc) is 2.85. The van der Waals surface area contributed by atoms with Gasteiger partial charge in [0.15, 0.2) is 0 Å². The Morgan fingerprint density at radius 2 is 1.61 bits per heavy atom. The lowest BCUT2D eigenvalue weighted by Crippen LogP contribution is -2.40. The molecular weight excluding hydrogens is 614 g/mol. The first-order valence-electron chi connectivity index (χ1n) is 13.5. The number of hydrogen-bond acceptors (Lipinski definition) is 2. The molecule has 0 heterocycles. The van der Waals surface area contributed by atoms with E-state index in [1.165, 1.54) is 6.07 Å². The van der Waals surface area contributed by atoms with Gasteiger partial charge in [0, 0.05) is 4.47 Å². The molecule has 0 saturated heterocycles. The molecule has 11 heteroatoms. The van der Waals surface area contributed by atoms with Gasteiger partial charge in [0.05, 0.1) is 18.0 Å². The van der Waals surface area contributed by atoms with E-state index in [2.05, 4.69) is 35.1 Å². The molecule has 2 amide bonds. The van der Waals surface area contributed by atoms with E-state index in [0.717, 1.165) is 29.5 Å². The maximum atomic E-state index is 14.4. The second kappa shape index (κ2) is 14.6. The Labute approximate surface area is 245 Å². The Bertz CT molecular complexity index is 1210. The van der Waals surface area contributed by atoms with E-state index in [1.54, 1.807) is 36.5 Å². The van der Waals surface area contributed by atoms with E-state index in [1.807, 2.05) is 13.8 Å². The highest BCUT2D eigenvalue weighted by Crippen LogP contribution is 2.43. The van der Waals surface area contributed by atoms with Gasteiger partial charge in [0.1, 0.15) is 6.54 Å². The molecule has 2 rings (SSSR count). The summed E-state index contributed by atoms with van der Waals surface area (Å²) in [5, 5.41) is 3.89. The van der Waals surface area contributed by atoms with E-state index in [-0.39, 0.29) is 22.0 Å². The molecule has 0 aromatic heterocycles. The first-order chi connectivity index (χ1) is 18.9. The fourth-order valence-electron chi connectivity index (χ4n) is 4.80. The number of nitrogens with one attached hydrogen (secondary N) is 2. The van der Waals surface area contributed by atoms with Crippen LogP contribution < -0.4 is 10.6 Å². The Morgan fingerprint density at radius 3 is 2.15 bits per heavy atom. The molecule has 0 aliphatic heterocycles. The Hall–Kier alpha value is -2.56. The third kappa shape index (κ3) is 10.7. The molecule has 0 aliphatic carbocycles. The normalized spacial score (nSPS) is 13.7. The molecule has 0 radical (unpaired) electrons. The van der Waals surface area contributed by atoms with Crippen molar-refractivity contribution in [2.75, 3.05) is 13.1 Å². The minimum absolute atomic E-state index is 0.0949. The summed E-state index contributed by atoms with van der Waals surface area (Å²) in [5.74, 6) is -3.55. The van der Waals surface area contributed by atoms with Crippen LogP contribution in [0.4, 0.5) is 26.3 Å². The first-order valence-corrected chi connectivity index (χ1v) is 14.3. The van der Waals surface area contributed by atoms with Crippen molar-refractivity contribution in [1.82, 2.24) is 10.6 Å². The molecule has 2 N–H and O–H groups in total. The predicted octanol–water partition coefficient (Wildman–Crippen LogP) is 8.16. The van der Waals surface area contributed by atoms with Crippen LogP contribution in [0.25, 0.3) is 0 Å². The van der Waals surface area contributed by atoms with E-state index in [4.69, 9.17) is 0 Å². The number of rotatable bonds is 12. The third-order valence-corrected chi connectivity index (χ3v) is 7.46. The van der Waals surface area contributed by atoms with Crippen LogP contribution >= 0.6 is 15.9 Å². The zero-order chi connectivity index (χ0) is 31.1. The van der Waals surface area contributed by atoms with Crippen molar-refractivity contribution in [3.05, 3.63) is 68.2 Å². The topological polar surface area (TPSA) is 58.2 Å². The molecule has 2 aromatic carbocycles. The number of carbonyl (C=O) groups is 2. The summed E-state index contributed by atoms with van der Waals surface area (Å²) in [5.41, 5.74) is 3.87. The van der Waals surface area contributed by atoms with Crippen LogP contribution in [0.1, 0.15) is 90.5 Å². The van der Waals surface area contributed by atoms with Gasteiger partial charge in [-0.3, -0.25) is 9.59 Å². The number of carbonyl (C=O) groups excluding carboxylic acids is 2. The zero-order valence-corrected chi connectivity index (χ0v) is 25.4. The summed E-state index contributed by atoms with van der Waals surface area (Å²) in [4.78, 5) is 24.0. The van der Waals surface area contributed by atoms with Gasteiger partial charge in [0.25, 0.3) is 5.91 Å². The molecule has 4 nitrogen and oxygen atoms in total. The van der Waals surface area contributed by atoms with Gasteiger partial charge in [-0.1, -0.05) is 52.3 Å².